The van der Waals surface area contributed by atoms with Gasteiger partial charge in [-0.1, -0.05) is 49.9 Å². The minimum Gasteiger partial charge on any atom is -0.497 e. The zero-order chi connectivity index (χ0) is 27.9. The summed E-state index contributed by atoms with van der Waals surface area (Å²) in [7, 11) is 1.56. The molecule has 7 nitrogen and oxygen atoms in total. The highest BCUT2D eigenvalue weighted by molar-refractivity contribution is 8.14. The number of anilines is 2. The minimum absolute atomic E-state index is 0.00304. The Hall–Kier alpha value is -4.18. The number of amides is 2. The zero-order valence-corrected chi connectivity index (χ0v) is 22.4. The average Bonchev–Trinajstić information content (AvgIpc) is 3.23. The second-order valence-electron chi connectivity index (χ2n) is 8.82. The van der Waals surface area contributed by atoms with E-state index in [0.29, 0.717) is 23.0 Å². The lowest BCUT2D eigenvalue weighted by atomic mass is 10.0. The Morgan fingerprint density at radius 2 is 1.64 bits per heavy atom. The number of carbonyl (C=O) groups excluding carboxylic acids is 2. The van der Waals surface area contributed by atoms with E-state index in [1.807, 2.05) is 24.3 Å². The lowest BCUT2D eigenvalue weighted by Gasteiger charge is -2.18. The van der Waals surface area contributed by atoms with Gasteiger partial charge in [0.2, 0.25) is 5.91 Å². The first kappa shape index (κ1) is 27.8. The van der Waals surface area contributed by atoms with E-state index in [-0.39, 0.29) is 28.3 Å². The Kier molecular flexibility index (Phi) is 8.98. The van der Waals surface area contributed by atoms with Crippen LogP contribution in [-0.2, 0) is 9.59 Å². The normalized spacial score (nSPS) is 14.2. The fraction of sp³-hybridized carbons (Fsp3) is 0.207. The highest BCUT2D eigenvalue weighted by Crippen LogP contribution is 2.31. The van der Waals surface area contributed by atoms with Gasteiger partial charge in [-0.3, -0.25) is 14.5 Å². The van der Waals surface area contributed by atoms with Gasteiger partial charge in [0.05, 0.1) is 18.6 Å². The van der Waals surface area contributed by atoms with Gasteiger partial charge in [0.25, 0.3) is 5.91 Å². The SMILES string of the molecule is COc1ccc(/C=C2/N=C(SCC(=O)Nc3ccc(C(C)C)cc3)N(c3ccc(OC(F)F)cc3)C2=O)cc1. The van der Waals surface area contributed by atoms with Gasteiger partial charge in [-0.2, -0.15) is 8.78 Å². The molecule has 2 amide bonds. The monoisotopic (exact) mass is 551 g/mol. The van der Waals surface area contributed by atoms with E-state index in [1.165, 1.54) is 29.2 Å². The number of benzene rings is 3. The van der Waals surface area contributed by atoms with Crippen LogP contribution in [0.3, 0.4) is 0 Å². The summed E-state index contributed by atoms with van der Waals surface area (Å²) in [6.07, 6.45) is 1.63. The summed E-state index contributed by atoms with van der Waals surface area (Å²) in [5.41, 5.74) is 3.13. The van der Waals surface area contributed by atoms with Gasteiger partial charge in [-0.15, -0.1) is 0 Å². The number of nitrogens with zero attached hydrogens (tertiary/aromatic N) is 2. The predicted octanol–water partition coefficient (Wildman–Crippen LogP) is 6.54. The number of aliphatic imine (C=N–C) groups is 1. The fourth-order valence-corrected chi connectivity index (χ4v) is 4.55. The van der Waals surface area contributed by atoms with Gasteiger partial charge in [-0.05, 0) is 71.7 Å². The molecule has 3 aromatic rings. The maximum atomic E-state index is 13.4. The Bertz CT molecular complexity index is 1370. The molecule has 0 saturated carbocycles. The van der Waals surface area contributed by atoms with Crippen LogP contribution in [0.1, 0.15) is 30.9 Å². The highest BCUT2D eigenvalue weighted by Gasteiger charge is 2.32. The van der Waals surface area contributed by atoms with Crippen LogP contribution in [0.2, 0.25) is 0 Å². The molecule has 1 aliphatic rings. The number of thioether (sulfide) groups is 1. The summed E-state index contributed by atoms with van der Waals surface area (Å²) in [5, 5.41) is 3.14. The van der Waals surface area contributed by atoms with Gasteiger partial charge in [-0.25, -0.2) is 4.99 Å². The van der Waals surface area contributed by atoms with Crippen LogP contribution in [-0.4, -0.2) is 36.5 Å². The van der Waals surface area contributed by atoms with E-state index in [1.54, 1.807) is 37.5 Å². The highest BCUT2D eigenvalue weighted by atomic mass is 32.2. The first-order valence-corrected chi connectivity index (χ1v) is 13.1. The first-order valence-electron chi connectivity index (χ1n) is 12.1. The summed E-state index contributed by atoms with van der Waals surface area (Å²) in [6, 6.07) is 20.4. The lowest BCUT2D eigenvalue weighted by molar-refractivity contribution is -0.114. The number of amidine groups is 1. The maximum absolute atomic E-state index is 13.4. The van der Waals surface area contributed by atoms with Crippen molar-refractivity contribution in [3.8, 4) is 11.5 Å². The number of alkyl halides is 2. The van der Waals surface area contributed by atoms with Crippen LogP contribution >= 0.6 is 11.8 Å². The van der Waals surface area contributed by atoms with Crippen molar-refractivity contribution in [2.75, 3.05) is 23.1 Å². The van der Waals surface area contributed by atoms with Crippen molar-refractivity contribution in [3.05, 3.63) is 89.6 Å². The van der Waals surface area contributed by atoms with Crippen LogP contribution in [0.25, 0.3) is 6.08 Å². The molecule has 0 radical (unpaired) electrons. The van der Waals surface area contributed by atoms with Gasteiger partial charge in [0.15, 0.2) is 5.17 Å². The van der Waals surface area contributed by atoms with E-state index in [2.05, 4.69) is 28.9 Å². The van der Waals surface area contributed by atoms with Crippen molar-refractivity contribution in [1.29, 1.82) is 0 Å². The topological polar surface area (TPSA) is 80.2 Å². The van der Waals surface area contributed by atoms with Crippen LogP contribution in [0.4, 0.5) is 20.2 Å². The van der Waals surface area contributed by atoms with Crippen molar-refractivity contribution < 1.29 is 27.8 Å². The molecule has 0 atom stereocenters. The third-order valence-electron chi connectivity index (χ3n) is 5.76. The van der Waals surface area contributed by atoms with Crippen molar-refractivity contribution in [2.24, 2.45) is 4.99 Å². The van der Waals surface area contributed by atoms with Crippen LogP contribution in [0.5, 0.6) is 11.5 Å². The predicted molar refractivity (Wildman–Crippen MR) is 151 cm³/mol. The quantitative estimate of drug-likeness (QED) is 0.306. The molecule has 0 saturated heterocycles. The number of halogens is 2. The molecule has 0 aromatic heterocycles. The van der Waals surface area contributed by atoms with Gasteiger partial charge in [0.1, 0.15) is 17.2 Å². The summed E-state index contributed by atoms with van der Waals surface area (Å²) < 4.78 is 34.7. The Morgan fingerprint density at radius 1 is 1.00 bits per heavy atom. The molecule has 0 unspecified atom stereocenters. The molecule has 202 valence electrons. The number of methoxy groups -OCH3 is 1. The van der Waals surface area contributed by atoms with E-state index in [9.17, 15) is 18.4 Å². The second kappa shape index (κ2) is 12.6. The molecule has 10 heteroatoms. The van der Waals surface area contributed by atoms with E-state index >= 15 is 0 Å². The largest absolute Gasteiger partial charge is 0.497 e. The van der Waals surface area contributed by atoms with Gasteiger partial charge in [0, 0.05) is 5.69 Å². The van der Waals surface area contributed by atoms with E-state index in [4.69, 9.17) is 4.74 Å². The Labute approximate surface area is 229 Å². The number of carbonyl (C=O) groups is 2. The molecule has 4 rings (SSSR count). The zero-order valence-electron chi connectivity index (χ0n) is 21.6. The van der Waals surface area contributed by atoms with Crippen molar-refractivity contribution in [2.45, 2.75) is 26.4 Å². The summed E-state index contributed by atoms with van der Waals surface area (Å²) in [4.78, 5) is 31.9. The number of nitrogens with one attached hydrogen (secondary N) is 1. The van der Waals surface area contributed by atoms with Crippen LogP contribution in [0.15, 0.2) is 83.5 Å². The van der Waals surface area contributed by atoms with Gasteiger partial charge >= 0.3 is 6.61 Å². The minimum atomic E-state index is -2.96. The van der Waals surface area contributed by atoms with E-state index < -0.39 is 12.5 Å². The molecule has 0 fully saturated rings. The molecule has 1 N–H and O–H groups in total. The summed E-state index contributed by atoms with van der Waals surface area (Å²) in [5.74, 6) is 0.332. The fourth-order valence-electron chi connectivity index (χ4n) is 3.73. The molecular formula is C29H27F2N3O4S. The molecule has 1 heterocycles. The summed E-state index contributed by atoms with van der Waals surface area (Å²) in [6.45, 7) is 1.23. The molecule has 0 bridgehead atoms. The molecule has 39 heavy (non-hydrogen) atoms. The van der Waals surface area contributed by atoms with Crippen molar-refractivity contribution in [1.82, 2.24) is 0 Å². The maximum Gasteiger partial charge on any atom is 0.387 e. The molecule has 1 aliphatic heterocycles. The molecule has 3 aromatic carbocycles. The Balaban J connectivity index is 1.54. The number of rotatable bonds is 9. The molecule has 0 spiro atoms. The average molecular weight is 552 g/mol. The van der Waals surface area contributed by atoms with Gasteiger partial charge < -0.3 is 14.8 Å². The third-order valence-corrected chi connectivity index (χ3v) is 6.70. The second-order valence-corrected chi connectivity index (χ2v) is 9.77. The van der Waals surface area contributed by atoms with Crippen LogP contribution in [0, 0.1) is 0 Å². The number of ether oxygens (including phenoxy) is 2. The van der Waals surface area contributed by atoms with Crippen molar-refractivity contribution in [3.63, 3.8) is 0 Å². The number of hydrogen-bond acceptors (Lipinski definition) is 6. The first-order chi connectivity index (χ1) is 18.7. The number of hydrogen-bond donors (Lipinski definition) is 1. The Morgan fingerprint density at radius 3 is 2.23 bits per heavy atom. The standard InChI is InChI=1S/C29H27F2N3O4S/c1-18(2)20-6-8-21(9-7-20)32-26(35)17-39-29-33-25(16-19-4-12-23(37-3)13-5-19)27(36)34(29)22-10-14-24(15-11-22)38-28(30)31/h4-16,18,28H,17H2,1-3H3,(H,32,35)/b25-16+. The lowest BCUT2D eigenvalue weighted by Crippen LogP contribution is -2.31. The smallest absolute Gasteiger partial charge is 0.387 e. The van der Waals surface area contributed by atoms with Crippen LogP contribution < -0.4 is 19.7 Å². The summed E-state index contributed by atoms with van der Waals surface area (Å²) >= 11 is 1.09. The molecular weight excluding hydrogens is 524 g/mol. The van der Waals surface area contributed by atoms with E-state index in [0.717, 1.165) is 22.9 Å². The molecule has 0 aliphatic carbocycles. The van der Waals surface area contributed by atoms with Crippen molar-refractivity contribution >= 4 is 46.2 Å². The third kappa shape index (κ3) is 7.23.